The van der Waals surface area contributed by atoms with E-state index in [-0.39, 0.29) is 0 Å². The fourth-order valence-electron chi connectivity index (χ4n) is 1.35. The molecule has 1 rings (SSSR count). The highest BCUT2D eigenvalue weighted by molar-refractivity contribution is 5.87. The van der Waals surface area contributed by atoms with Crippen LogP contribution in [0.25, 0.3) is 0 Å². The van der Waals surface area contributed by atoms with Crippen molar-refractivity contribution < 1.29 is 14.3 Å². The third kappa shape index (κ3) is 5.06. The molecule has 19 heavy (non-hydrogen) atoms. The van der Waals surface area contributed by atoms with Gasteiger partial charge in [-0.2, -0.15) is 0 Å². The van der Waals surface area contributed by atoms with Gasteiger partial charge in [0.2, 0.25) is 0 Å². The molecule has 0 N–H and O–H groups in total. The van der Waals surface area contributed by atoms with Crippen LogP contribution in [0, 0.1) is 0 Å². The highest BCUT2D eigenvalue weighted by atomic mass is 16.7. The minimum absolute atomic E-state index is 0.306. The van der Waals surface area contributed by atoms with E-state index < -0.39 is 11.9 Å². The number of hydrogen-bond acceptors (Lipinski definition) is 4. The van der Waals surface area contributed by atoms with E-state index >= 15 is 0 Å². The second-order valence-corrected chi connectivity index (χ2v) is 4.17. The summed E-state index contributed by atoms with van der Waals surface area (Å²) in [4.78, 5) is 15.8. The predicted octanol–water partition coefficient (Wildman–Crippen LogP) is 2.94. The third-order valence-corrected chi connectivity index (χ3v) is 2.29. The predicted molar refractivity (Wildman–Crippen MR) is 75.0 cm³/mol. The molecule has 0 aliphatic rings. The van der Waals surface area contributed by atoms with Gasteiger partial charge in [-0.25, -0.2) is 9.79 Å². The van der Waals surface area contributed by atoms with E-state index in [9.17, 15) is 4.79 Å². The van der Waals surface area contributed by atoms with Crippen molar-refractivity contribution in [3.8, 4) is 0 Å². The first-order valence-corrected chi connectivity index (χ1v) is 6.10. The number of esters is 1. The molecule has 1 atom stereocenters. The first kappa shape index (κ1) is 15.1. The molecule has 0 spiro atoms. The Morgan fingerprint density at radius 1 is 1.42 bits per heavy atom. The molecule has 4 nitrogen and oxygen atoms in total. The zero-order valence-corrected chi connectivity index (χ0v) is 11.6. The Morgan fingerprint density at radius 3 is 2.58 bits per heavy atom. The molecule has 1 unspecified atom stereocenters. The summed E-state index contributed by atoms with van der Waals surface area (Å²) in [7, 11) is 0. The van der Waals surface area contributed by atoms with E-state index in [4.69, 9.17) is 9.47 Å². The number of hydrogen-bond donors (Lipinski definition) is 0. The molecule has 0 aliphatic heterocycles. The van der Waals surface area contributed by atoms with E-state index in [1.54, 1.807) is 20.1 Å². The van der Waals surface area contributed by atoms with Crippen molar-refractivity contribution in [3.05, 3.63) is 48.0 Å². The SMILES string of the molecule is C=C(C)C(=O)OC(C)(N=Cc1ccccc1)OCC. The van der Waals surface area contributed by atoms with Crippen LogP contribution in [0.1, 0.15) is 26.3 Å². The molecule has 0 fully saturated rings. The van der Waals surface area contributed by atoms with E-state index in [2.05, 4.69) is 11.6 Å². The van der Waals surface area contributed by atoms with Gasteiger partial charge in [-0.15, -0.1) is 0 Å². The van der Waals surface area contributed by atoms with Crippen LogP contribution in [0.15, 0.2) is 47.5 Å². The van der Waals surface area contributed by atoms with Crippen molar-refractivity contribution in [2.75, 3.05) is 6.61 Å². The van der Waals surface area contributed by atoms with Crippen LogP contribution in [0.2, 0.25) is 0 Å². The summed E-state index contributed by atoms with van der Waals surface area (Å²) in [5, 5.41) is 0. The van der Waals surface area contributed by atoms with Crippen molar-refractivity contribution in [2.45, 2.75) is 26.7 Å². The molecule has 0 heterocycles. The van der Waals surface area contributed by atoms with E-state index in [1.165, 1.54) is 0 Å². The quantitative estimate of drug-likeness (QED) is 0.342. The maximum atomic E-state index is 11.6. The summed E-state index contributed by atoms with van der Waals surface area (Å²) < 4.78 is 10.6. The van der Waals surface area contributed by atoms with Gasteiger partial charge in [0.05, 0.1) is 6.61 Å². The Balaban J connectivity index is 2.84. The maximum Gasteiger partial charge on any atom is 0.337 e. The number of ether oxygens (including phenoxy) is 2. The van der Waals surface area contributed by atoms with Crippen LogP contribution in [0.5, 0.6) is 0 Å². The highest BCUT2D eigenvalue weighted by Gasteiger charge is 2.28. The minimum Gasteiger partial charge on any atom is -0.409 e. The van der Waals surface area contributed by atoms with Crippen LogP contribution in [0.3, 0.4) is 0 Å². The lowest BCUT2D eigenvalue weighted by atomic mass is 10.2. The number of rotatable bonds is 6. The summed E-state index contributed by atoms with van der Waals surface area (Å²) in [6.07, 6.45) is 1.61. The molecular formula is C15H19NO3. The van der Waals surface area contributed by atoms with Gasteiger partial charge in [-0.3, -0.25) is 0 Å². The zero-order valence-electron chi connectivity index (χ0n) is 11.6. The number of benzene rings is 1. The molecule has 0 bridgehead atoms. The fourth-order valence-corrected chi connectivity index (χ4v) is 1.35. The Morgan fingerprint density at radius 2 is 2.05 bits per heavy atom. The van der Waals surface area contributed by atoms with Crippen LogP contribution < -0.4 is 0 Å². The second kappa shape index (κ2) is 6.85. The van der Waals surface area contributed by atoms with Crippen molar-refractivity contribution in [3.63, 3.8) is 0 Å². The summed E-state index contributed by atoms with van der Waals surface area (Å²) in [5.74, 6) is -1.86. The molecule has 1 aromatic rings. The molecule has 0 aromatic heterocycles. The third-order valence-electron chi connectivity index (χ3n) is 2.29. The number of nitrogens with zero attached hydrogens (tertiary/aromatic N) is 1. The molecule has 0 saturated heterocycles. The molecule has 1 aromatic carbocycles. The average molecular weight is 261 g/mol. The molecule has 0 amide bonds. The van der Waals surface area contributed by atoms with Crippen molar-refractivity contribution in [1.82, 2.24) is 0 Å². The van der Waals surface area contributed by atoms with Gasteiger partial charge in [0, 0.05) is 18.7 Å². The largest absolute Gasteiger partial charge is 0.409 e. The smallest absolute Gasteiger partial charge is 0.337 e. The van der Waals surface area contributed by atoms with Gasteiger partial charge in [0.15, 0.2) is 0 Å². The van der Waals surface area contributed by atoms with Gasteiger partial charge in [0.25, 0.3) is 0 Å². The van der Waals surface area contributed by atoms with Gasteiger partial charge in [-0.05, 0) is 19.4 Å². The van der Waals surface area contributed by atoms with Gasteiger partial charge in [-0.1, -0.05) is 36.9 Å². The number of carbonyl (C=O) groups excluding carboxylic acids is 1. The Labute approximate surface area is 113 Å². The highest BCUT2D eigenvalue weighted by Crippen LogP contribution is 2.16. The first-order chi connectivity index (χ1) is 8.97. The summed E-state index contributed by atoms with van der Waals surface area (Å²) in [6.45, 7) is 8.90. The standard InChI is InChI=1S/C15H19NO3/c1-5-18-15(4,19-14(17)12(2)3)16-11-13-9-7-6-8-10-13/h6-11H,2,5H2,1,3-4H3. The molecule has 4 heteroatoms. The van der Waals surface area contributed by atoms with Gasteiger partial charge < -0.3 is 9.47 Å². The maximum absolute atomic E-state index is 11.6. The molecule has 0 radical (unpaired) electrons. The van der Waals surface area contributed by atoms with Crippen LogP contribution in [-0.2, 0) is 14.3 Å². The van der Waals surface area contributed by atoms with Gasteiger partial charge >= 0.3 is 11.9 Å². The fraction of sp³-hybridized carbons (Fsp3) is 0.333. The Bertz CT molecular complexity index is 468. The molecule has 0 aliphatic carbocycles. The lowest BCUT2D eigenvalue weighted by molar-refractivity contribution is -0.214. The van der Waals surface area contributed by atoms with Gasteiger partial charge in [0.1, 0.15) is 0 Å². The lowest BCUT2D eigenvalue weighted by Crippen LogP contribution is -2.33. The minimum atomic E-state index is -1.33. The van der Waals surface area contributed by atoms with E-state index in [1.807, 2.05) is 37.3 Å². The van der Waals surface area contributed by atoms with Crippen LogP contribution in [-0.4, -0.2) is 24.7 Å². The Hall–Kier alpha value is -1.94. The van der Waals surface area contributed by atoms with E-state index in [0.717, 1.165) is 5.56 Å². The zero-order chi connectivity index (χ0) is 14.3. The monoisotopic (exact) mass is 261 g/mol. The van der Waals surface area contributed by atoms with Crippen molar-refractivity contribution in [2.24, 2.45) is 4.99 Å². The first-order valence-electron chi connectivity index (χ1n) is 6.10. The summed E-state index contributed by atoms with van der Waals surface area (Å²) >= 11 is 0. The lowest BCUT2D eigenvalue weighted by Gasteiger charge is -2.24. The van der Waals surface area contributed by atoms with Crippen LogP contribution in [0.4, 0.5) is 0 Å². The van der Waals surface area contributed by atoms with Crippen LogP contribution >= 0.6 is 0 Å². The Kier molecular flexibility index (Phi) is 5.45. The normalized spacial score (nSPS) is 14.1. The topological polar surface area (TPSA) is 47.9 Å². The number of aliphatic imine (C=N–C) groups is 1. The second-order valence-electron chi connectivity index (χ2n) is 4.17. The molecular weight excluding hydrogens is 242 g/mol. The summed E-state index contributed by atoms with van der Waals surface area (Å²) in [6, 6.07) is 9.52. The number of carbonyl (C=O) groups is 1. The van der Waals surface area contributed by atoms with Crippen molar-refractivity contribution >= 4 is 12.2 Å². The van der Waals surface area contributed by atoms with Crippen molar-refractivity contribution in [1.29, 1.82) is 0 Å². The molecule has 102 valence electrons. The summed E-state index contributed by atoms with van der Waals surface area (Å²) in [5.41, 5.74) is 1.21. The average Bonchev–Trinajstić information content (AvgIpc) is 2.38. The van der Waals surface area contributed by atoms with E-state index in [0.29, 0.717) is 12.2 Å². The molecule has 0 saturated carbocycles.